The number of unbranched alkanes of at least 4 members (excludes halogenated alkanes) is 14. The highest BCUT2D eigenvalue weighted by atomic mass is 31.2. The Bertz CT molecular complexity index is 270. The van der Waals surface area contributed by atoms with Crippen LogP contribution in [-0.2, 0) is 9.05 Å². The molecular weight excluding hydrogens is 357 g/mol. The van der Waals surface area contributed by atoms with Crippen molar-refractivity contribution in [2.45, 2.75) is 117 Å². The average Bonchev–Trinajstić information content (AvgIpc) is 2.67. The van der Waals surface area contributed by atoms with Crippen LogP contribution in [0.15, 0.2) is 0 Å². The second kappa shape index (κ2) is 24.3. The van der Waals surface area contributed by atoms with E-state index < -0.39 is 8.60 Å². The van der Waals surface area contributed by atoms with Gasteiger partial charge in [0.15, 0.2) is 0 Å². The molecule has 0 aliphatic carbocycles. The normalized spacial score (nSPS) is 12.6. The third-order valence-electron chi connectivity index (χ3n) is 4.88. The van der Waals surface area contributed by atoms with Gasteiger partial charge in [0.05, 0.1) is 21.8 Å². The molecule has 4 nitrogen and oxygen atoms in total. The molecule has 0 bridgehead atoms. The molecule has 0 amide bonds. The van der Waals surface area contributed by atoms with Gasteiger partial charge in [-0.15, -0.1) is 0 Å². The van der Waals surface area contributed by atoms with Crippen molar-refractivity contribution in [3.8, 4) is 0 Å². The maximum absolute atomic E-state index is 11.6. The zero-order valence-corrected chi connectivity index (χ0v) is 19.2. The van der Waals surface area contributed by atoms with E-state index in [9.17, 15) is 4.89 Å². The van der Waals surface area contributed by atoms with Gasteiger partial charge in [-0.3, -0.25) is 0 Å². The van der Waals surface area contributed by atoms with Crippen LogP contribution in [0, 0.1) is 0 Å². The van der Waals surface area contributed by atoms with Crippen LogP contribution in [-0.4, -0.2) is 26.3 Å². The molecule has 0 spiro atoms. The summed E-state index contributed by atoms with van der Waals surface area (Å²) in [5, 5.41) is 3.35. The van der Waals surface area contributed by atoms with Gasteiger partial charge in [0, 0.05) is 6.54 Å². The van der Waals surface area contributed by atoms with Crippen LogP contribution in [0.25, 0.3) is 0 Å². The minimum atomic E-state index is -1.94. The minimum Gasteiger partial charge on any atom is -0.786 e. The molecule has 0 aliphatic rings. The number of hydrogen-bond acceptors (Lipinski definition) is 4. The zero-order chi connectivity index (χ0) is 19.8. The summed E-state index contributed by atoms with van der Waals surface area (Å²) < 4.78 is 10.4. The summed E-state index contributed by atoms with van der Waals surface area (Å²) in [6.45, 7) is 7.27. The lowest BCUT2D eigenvalue weighted by molar-refractivity contribution is -0.204. The van der Waals surface area contributed by atoms with E-state index in [0.717, 1.165) is 25.9 Å². The highest BCUT2D eigenvalue weighted by Gasteiger charge is 1.97. The Hall–Kier alpha value is 0.270. The Balaban J connectivity index is 3.10. The number of hydrogen-bond donors (Lipinski definition) is 1. The first-order valence-corrected chi connectivity index (χ1v) is 12.8. The van der Waals surface area contributed by atoms with Gasteiger partial charge in [-0.1, -0.05) is 104 Å². The van der Waals surface area contributed by atoms with Crippen molar-refractivity contribution in [1.82, 2.24) is 5.32 Å². The molecule has 1 unspecified atom stereocenters. The molecular formula is C22H47NO3P-. The average molecular weight is 405 g/mol. The molecule has 1 N–H and O–H groups in total. The molecule has 0 rings (SSSR count). The van der Waals surface area contributed by atoms with Crippen molar-refractivity contribution < 1.29 is 13.9 Å². The zero-order valence-electron chi connectivity index (χ0n) is 18.3. The first-order chi connectivity index (χ1) is 13.3. The maximum atomic E-state index is 11.6. The maximum Gasteiger partial charge on any atom is 0.0829 e. The molecule has 5 heteroatoms. The fourth-order valence-electron chi connectivity index (χ4n) is 3.11. The molecule has 27 heavy (non-hydrogen) atoms. The molecule has 0 aliphatic heterocycles. The topological polar surface area (TPSA) is 53.5 Å². The summed E-state index contributed by atoms with van der Waals surface area (Å²) >= 11 is 0. The SMILES string of the molecule is CCCCCCCCCCCCNCCOP([O-])OCCCCCCCC. The molecule has 0 fully saturated rings. The van der Waals surface area contributed by atoms with E-state index >= 15 is 0 Å². The van der Waals surface area contributed by atoms with Crippen LogP contribution in [0.2, 0.25) is 0 Å². The number of rotatable bonds is 23. The molecule has 0 aromatic carbocycles. The summed E-state index contributed by atoms with van der Waals surface area (Å²) in [5.41, 5.74) is 0. The second-order valence-electron chi connectivity index (χ2n) is 7.59. The quantitative estimate of drug-likeness (QED) is 0.156. The third kappa shape index (κ3) is 24.2. The van der Waals surface area contributed by atoms with Gasteiger partial charge < -0.3 is 19.3 Å². The van der Waals surface area contributed by atoms with E-state index in [1.165, 1.54) is 89.9 Å². The summed E-state index contributed by atoms with van der Waals surface area (Å²) in [6.07, 6.45) is 20.9. The summed E-state index contributed by atoms with van der Waals surface area (Å²) in [7, 11) is -1.94. The standard InChI is InChI=1S/C22H47NO3P/c1-3-5-7-9-11-12-13-14-15-17-19-23-20-22-26-27(24)25-21-18-16-10-8-6-4-2/h23H,3-22H2,1-2H3/q-1. The van der Waals surface area contributed by atoms with Gasteiger partial charge in [0.1, 0.15) is 0 Å². The van der Waals surface area contributed by atoms with Gasteiger partial charge in [-0.05, 0) is 19.4 Å². The van der Waals surface area contributed by atoms with Crippen molar-refractivity contribution >= 4 is 8.60 Å². The van der Waals surface area contributed by atoms with Crippen LogP contribution in [0.3, 0.4) is 0 Å². The minimum absolute atomic E-state index is 0.462. The first kappa shape index (κ1) is 27.3. The fraction of sp³-hybridized carbons (Fsp3) is 1.00. The Labute approximate surface area is 171 Å². The van der Waals surface area contributed by atoms with Crippen LogP contribution in [0.1, 0.15) is 117 Å². The molecule has 0 saturated carbocycles. The lowest BCUT2D eigenvalue weighted by Crippen LogP contribution is -2.21. The van der Waals surface area contributed by atoms with Crippen LogP contribution < -0.4 is 10.2 Å². The van der Waals surface area contributed by atoms with Crippen LogP contribution in [0.4, 0.5) is 0 Å². The first-order valence-electron chi connectivity index (χ1n) is 11.7. The summed E-state index contributed by atoms with van der Waals surface area (Å²) in [5.74, 6) is 0. The molecule has 1 atom stereocenters. The Kier molecular flexibility index (Phi) is 24.6. The van der Waals surface area contributed by atoms with Gasteiger partial charge in [0.25, 0.3) is 0 Å². The summed E-state index contributed by atoms with van der Waals surface area (Å²) in [6, 6.07) is 0. The van der Waals surface area contributed by atoms with E-state index in [1.54, 1.807) is 0 Å². The van der Waals surface area contributed by atoms with Crippen molar-refractivity contribution in [2.75, 3.05) is 26.3 Å². The number of nitrogens with one attached hydrogen (secondary N) is 1. The van der Waals surface area contributed by atoms with E-state index in [4.69, 9.17) is 9.05 Å². The molecule has 164 valence electrons. The van der Waals surface area contributed by atoms with E-state index in [-0.39, 0.29) is 0 Å². The van der Waals surface area contributed by atoms with Crippen molar-refractivity contribution in [3.05, 3.63) is 0 Å². The Morgan fingerprint density at radius 2 is 1.00 bits per heavy atom. The summed E-state index contributed by atoms with van der Waals surface area (Å²) in [4.78, 5) is 11.6. The third-order valence-corrected chi connectivity index (χ3v) is 5.66. The Morgan fingerprint density at radius 3 is 1.56 bits per heavy atom. The van der Waals surface area contributed by atoms with E-state index in [2.05, 4.69) is 19.2 Å². The van der Waals surface area contributed by atoms with Gasteiger partial charge in [-0.2, -0.15) is 0 Å². The van der Waals surface area contributed by atoms with E-state index in [1.807, 2.05) is 0 Å². The largest absolute Gasteiger partial charge is 0.786 e. The fourth-order valence-corrected chi connectivity index (χ4v) is 3.71. The smallest absolute Gasteiger partial charge is 0.0829 e. The van der Waals surface area contributed by atoms with Crippen molar-refractivity contribution in [2.24, 2.45) is 0 Å². The van der Waals surface area contributed by atoms with Gasteiger partial charge in [-0.25, -0.2) is 0 Å². The highest BCUT2D eigenvalue weighted by Crippen LogP contribution is 2.27. The van der Waals surface area contributed by atoms with Crippen LogP contribution in [0.5, 0.6) is 0 Å². The van der Waals surface area contributed by atoms with E-state index in [0.29, 0.717) is 13.2 Å². The molecule has 0 aromatic heterocycles. The van der Waals surface area contributed by atoms with Crippen molar-refractivity contribution in [3.63, 3.8) is 0 Å². The molecule has 0 aromatic rings. The lowest BCUT2D eigenvalue weighted by atomic mass is 10.1. The molecule has 0 radical (unpaired) electrons. The van der Waals surface area contributed by atoms with Gasteiger partial charge in [0.2, 0.25) is 0 Å². The van der Waals surface area contributed by atoms with Gasteiger partial charge >= 0.3 is 0 Å². The predicted octanol–water partition coefficient (Wildman–Crippen LogP) is 6.48. The highest BCUT2D eigenvalue weighted by molar-refractivity contribution is 7.39. The Morgan fingerprint density at radius 1 is 0.556 bits per heavy atom. The lowest BCUT2D eigenvalue weighted by Gasteiger charge is -2.22. The van der Waals surface area contributed by atoms with Crippen LogP contribution >= 0.6 is 8.60 Å². The van der Waals surface area contributed by atoms with Crippen molar-refractivity contribution in [1.29, 1.82) is 0 Å². The molecule has 0 heterocycles. The monoisotopic (exact) mass is 404 g/mol. The second-order valence-corrected chi connectivity index (χ2v) is 8.55. The molecule has 0 saturated heterocycles. The predicted molar refractivity (Wildman–Crippen MR) is 117 cm³/mol.